The fraction of sp³-hybridized carbons (Fsp3) is 0.0909. The number of hydrogen-bond acceptors (Lipinski definition) is 3. The smallest absolute Gasteiger partial charge is 0.354 e. The minimum atomic E-state index is -1.04. The lowest BCUT2D eigenvalue weighted by atomic mass is 10.1. The van der Waals surface area contributed by atoms with Gasteiger partial charge in [-0.2, -0.15) is 5.10 Å². The van der Waals surface area contributed by atoms with E-state index in [9.17, 15) is 9.90 Å². The number of aromatic carboxylic acids is 1. The molecule has 2 aromatic rings. The van der Waals surface area contributed by atoms with Gasteiger partial charge in [-0.3, -0.25) is 4.68 Å². The number of phenolic OH excluding ortho intramolecular Hbond substituents is 1. The molecule has 0 amide bonds. The molecular formula is C11H10N2O3. The summed E-state index contributed by atoms with van der Waals surface area (Å²) in [4.78, 5) is 11.0. The summed E-state index contributed by atoms with van der Waals surface area (Å²) in [6, 6.07) is 6.41. The summed E-state index contributed by atoms with van der Waals surface area (Å²) < 4.78 is 1.29. The molecule has 16 heavy (non-hydrogen) atoms. The Bertz CT molecular complexity index is 546. The Labute approximate surface area is 91.6 Å². The van der Waals surface area contributed by atoms with Gasteiger partial charge in [0.2, 0.25) is 0 Å². The molecule has 0 unspecified atom stereocenters. The number of hydrogen-bond donors (Lipinski definition) is 2. The van der Waals surface area contributed by atoms with Gasteiger partial charge in [0, 0.05) is 12.6 Å². The maximum atomic E-state index is 11.0. The second kappa shape index (κ2) is 3.69. The maximum absolute atomic E-state index is 11.0. The van der Waals surface area contributed by atoms with E-state index >= 15 is 0 Å². The number of nitrogens with zero attached hydrogens (tertiary/aromatic N) is 2. The van der Waals surface area contributed by atoms with Crippen LogP contribution in [-0.4, -0.2) is 26.0 Å². The average Bonchev–Trinajstić information content (AvgIpc) is 2.60. The van der Waals surface area contributed by atoms with Gasteiger partial charge < -0.3 is 10.2 Å². The van der Waals surface area contributed by atoms with Gasteiger partial charge in [-0.25, -0.2) is 4.79 Å². The van der Waals surface area contributed by atoms with Crippen molar-refractivity contribution < 1.29 is 15.0 Å². The second-order valence-corrected chi connectivity index (χ2v) is 3.39. The van der Waals surface area contributed by atoms with Crippen LogP contribution in [-0.2, 0) is 7.05 Å². The standard InChI is InChI=1S/C11H10N2O3/c1-13-10(11(15)16)9(6-12-13)7-3-2-4-8(14)5-7/h2-6,14H,1H3,(H,15,16). The van der Waals surface area contributed by atoms with E-state index in [4.69, 9.17) is 5.11 Å². The molecule has 0 fully saturated rings. The van der Waals surface area contributed by atoms with Gasteiger partial charge in [0.15, 0.2) is 5.69 Å². The molecule has 1 heterocycles. The van der Waals surface area contributed by atoms with Crippen molar-refractivity contribution in [3.63, 3.8) is 0 Å². The lowest BCUT2D eigenvalue weighted by Crippen LogP contribution is -2.06. The largest absolute Gasteiger partial charge is 0.508 e. The van der Waals surface area contributed by atoms with Crippen LogP contribution < -0.4 is 0 Å². The summed E-state index contributed by atoms with van der Waals surface area (Å²) in [5.74, 6) is -0.948. The summed E-state index contributed by atoms with van der Waals surface area (Å²) in [6.45, 7) is 0. The molecule has 0 aliphatic carbocycles. The van der Waals surface area contributed by atoms with Crippen LogP contribution >= 0.6 is 0 Å². The third kappa shape index (κ3) is 1.63. The summed E-state index contributed by atoms with van der Waals surface area (Å²) in [5, 5.41) is 22.3. The van der Waals surface area contributed by atoms with Gasteiger partial charge in [-0.15, -0.1) is 0 Å². The van der Waals surface area contributed by atoms with Crippen LogP contribution in [0.5, 0.6) is 5.75 Å². The van der Waals surface area contributed by atoms with Gasteiger partial charge in [0.25, 0.3) is 0 Å². The van der Waals surface area contributed by atoms with Gasteiger partial charge in [0.1, 0.15) is 5.75 Å². The molecule has 0 saturated heterocycles. The molecule has 1 aromatic carbocycles. The third-order valence-electron chi connectivity index (χ3n) is 2.30. The molecule has 2 rings (SSSR count). The molecule has 0 atom stereocenters. The van der Waals surface area contributed by atoms with Crippen molar-refractivity contribution in [3.8, 4) is 16.9 Å². The van der Waals surface area contributed by atoms with Crippen LogP contribution in [0.1, 0.15) is 10.5 Å². The number of carboxylic acid groups (broad SMARTS) is 1. The molecule has 2 N–H and O–H groups in total. The Morgan fingerprint density at radius 1 is 1.44 bits per heavy atom. The average molecular weight is 218 g/mol. The molecule has 5 heteroatoms. The molecule has 0 spiro atoms. The molecule has 0 aliphatic heterocycles. The topological polar surface area (TPSA) is 75.3 Å². The van der Waals surface area contributed by atoms with Crippen molar-refractivity contribution >= 4 is 5.97 Å². The fourth-order valence-electron chi connectivity index (χ4n) is 1.58. The first-order valence-electron chi connectivity index (χ1n) is 4.64. The van der Waals surface area contributed by atoms with Crippen molar-refractivity contribution in [1.82, 2.24) is 9.78 Å². The molecule has 1 aromatic heterocycles. The van der Waals surface area contributed by atoms with Crippen LogP contribution in [0.25, 0.3) is 11.1 Å². The highest BCUT2D eigenvalue weighted by atomic mass is 16.4. The van der Waals surface area contributed by atoms with E-state index in [1.807, 2.05) is 0 Å². The number of aromatic nitrogens is 2. The number of benzene rings is 1. The molecule has 0 bridgehead atoms. The predicted molar refractivity (Wildman–Crippen MR) is 57.3 cm³/mol. The molecule has 5 nitrogen and oxygen atoms in total. The quantitative estimate of drug-likeness (QED) is 0.800. The highest BCUT2D eigenvalue weighted by Crippen LogP contribution is 2.25. The lowest BCUT2D eigenvalue weighted by Gasteiger charge is -2.02. The summed E-state index contributed by atoms with van der Waals surface area (Å²) in [5.41, 5.74) is 1.22. The van der Waals surface area contributed by atoms with Crippen molar-refractivity contribution in [1.29, 1.82) is 0 Å². The Hall–Kier alpha value is -2.30. The molecular weight excluding hydrogens is 208 g/mol. The number of phenols is 1. The minimum absolute atomic E-state index is 0.0951. The number of aryl methyl sites for hydroxylation is 1. The normalized spacial score (nSPS) is 10.3. The monoisotopic (exact) mass is 218 g/mol. The van der Waals surface area contributed by atoms with E-state index in [2.05, 4.69) is 5.10 Å². The Morgan fingerprint density at radius 3 is 2.81 bits per heavy atom. The third-order valence-corrected chi connectivity index (χ3v) is 2.30. The first-order chi connectivity index (χ1) is 7.59. The zero-order valence-electron chi connectivity index (χ0n) is 8.58. The van der Waals surface area contributed by atoms with Crippen LogP contribution in [0.3, 0.4) is 0 Å². The Kier molecular flexibility index (Phi) is 2.36. The van der Waals surface area contributed by atoms with Crippen LogP contribution in [0.2, 0.25) is 0 Å². The Balaban J connectivity index is 2.60. The van der Waals surface area contributed by atoms with Crippen LogP contribution in [0.15, 0.2) is 30.5 Å². The van der Waals surface area contributed by atoms with Crippen molar-refractivity contribution in [2.45, 2.75) is 0 Å². The van der Waals surface area contributed by atoms with Crippen LogP contribution in [0.4, 0.5) is 0 Å². The van der Waals surface area contributed by atoms with E-state index in [1.54, 1.807) is 19.2 Å². The number of carboxylic acids is 1. The first kappa shape index (κ1) is 10.2. The zero-order valence-corrected chi connectivity index (χ0v) is 8.58. The predicted octanol–water partition coefficient (Wildman–Crippen LogP) is 1.49. The SMILES string of the molecule is Cn1ncc(-c2cccc(O)c2)c1C(=O)O. The number of rotatable bonds is 2. The first-order valence-corrected chi connectivity index (χ1v) is 4.64. The van der Waals surface area contributed by atoms with Gasteiger partial charge >= 0.3 is 5.97 Å². The highest BCUT2D eigenvalue weighted by Gasteiger charge is 2.16. The van der Waals surface area contributed by atoms with E-state index in [-0.39, 0.29) is 11.4 Å². The molecule has 0 radical (unpaired) electrons. The Morgan fingerprint density at radius 2 is 2.19 bits per heavy atom. The van der Waals surface area contributed by atoms with E-state index in [1.165, 1.54) is 23.0 Å². The molecule has 0 aliphatic rings. The zero-order chi connectivity index (χ0) is 11.7. The highest BCUT2D eigenvalue weighted by molar-refractivity contribution is 5.94. The van der Waals surface area contributed by atoms with E-state index in [0.717, 1.165) is 0 Å². The minimum Gasteiger partial charge on any atom is -0.508 e. The lowest BCUT2D eigenvalue weighted by molar-refractivity contribution is 0.0686. The molecule has 82 valence electrons. The van der Waals surface area contributed by atoms with Gasteiger partial charge in [-0.05, 0) is 17.7 Å². The van der Waals surface area contributed by atoms with E-state index in [0.29, 0.717) is 11.1 Å². The summed E-state index contributed by atoms with van der Waals surface area (Å²) in [7, 11) is 1.57. The number of aromatic hydroxyl groups is 1. The van der Waals surface area contributed by atoms with Crippen LogP contribution in [0, 0.1) is 0 Å². The summed E-state index contributed by atoms with van der Waals surface area (Å²) in [6.07, 6.45) is 1.47. The fourth-order valence-corrected chi connectivity index (χ4v) is 1.58. The van der Waals surface area contributed by atoms with Gasteiger partial charge in [-0.1, -0.05) is 12.1 Å². The maximum Gasteiger partial charge on any atom is 0.354 e. The van der Waals surface area contributed by atoms with Crippen molar-refractivity contribution in [2.24, 2.45) is 7.05 Å². The van der Waals surface area contributed by atoms with Gasteiger partial charge in [0.05, 0.1) is 6.20 Å². The van der Waals surface area contributed by atoms with Crippen molar-refractivity contribution in [2.75, 3.05) is 0 Å². The van der Waals surface area contributed by atoms with E-state index < -0.39 is 5.97 Å². The van der Waals surface area contributed by atoms with Crippen molar-refractivity contribution in [3.05, 3.63) is 36.2 Å². The second-order valence-electron chi connectivity index (χ2n) is 3.39. The summed E-state index contributed by atoms with van der Waals surface area (Å²) >= 11 is 0. The molecule has 0 saturated carbocycles. The number of carbonyl (C=O) groups is 1.